The minimum atomic E-state index is -1.25. The Morgan fingerprint density at radius 1 is 0.800 bits per heavy atom. The summed E-state index contributed by atoms with van der Waals surface area (Å²) in [6.07, 6.45) is 5.58. The number of benzene rings is 2. The third-order valence-electron chi connectivity index (χ3n) is 6.46. The zero-order valence-electron chi connectivity index (χ0n) is 24.5. The van der Waals surface area contributed by atoms with E-state index in [1.54, 1.807) is 27.7 Å². The molecule has 4 N–H and O–H groups in total. The monoisotopic (exact) mass is 553 g/mol. The number of alkyl carbamates (subject to hydrolysis) is 1. The van der Waals surface area contributed by atoms with Crippen molar-refractivity contribution >= 4 is 17.9 Å². The second-order valence-corrected chi connectivity index (χ2v) is 11.5. The molecule has 3 amide bonds. The van der Waals surface area contributed by atoms with Crippen LogP contribution in [0.1, 0.15) is 77.3 Å². The molecule has 220 valence electrons. The lowest BCUT2D eigenvalue weighted by molar-refractivity contribution is -0.133. The van der Waals surface area contributed by atoms with Gasteiger partial charge in [0.1, 0.15) is 17.2 Å². The molecule has 40 heavy (non-hydrogen) atoms. The average molecular weight is 554 g/mol. The number of aliphatic hydroxyl groups is 1. The molecule has 0 aliphatic carbocycles. The van der Waals surface area contributed by atoms with Gasteiger partial charge in [0.25, 0.3) is 0 Å². The lowest BCUT2D eigenvalue weighted by Gasteiger charge is -2.32. The first-order chi connectivity index (χ1) is 19.0. The van der Waals surface area contributed by atoms with Gasteiger partial charge in [-0.2, -0.15) is 0 Å². The van der Waals surface area contributed by atoms with E-state index in [-0.39, 0.29) is 25.4 Å². The molecular formula is C32H47N3O5. The number of amides is 3. The molecule has 2 atom stereocenters. The van der Waals surface area contributed by atoms with Gasteiger partial charge in [-0.1, -0.05) is 86.3 Å². The Balaban J connectivity index is 2.15. The molecule has 0 fully saturated rings. The molecule has 2 rings (SSSR count). The van der Waals surface area contributed by atoms with Gasteiger partial charge in [-0.3, -0.25) is 9.59 Å². The Morgan fingerprint density at radius 3 is 1.93 bits per heavy atom. The topological polar surface area (TPSA) is 117 Å². The molecule has 8 heteroatoms. The SMILES string of the molecule is CC(C)(C)OC(=O)N[C@@H](Cc1ccccc1)C(=O)N[C@](C)(Cc1ccccc1)C(=O)NCCCCCCCCO. The van der Waals surface area contributed by atoms with Crippen LogP contribution in [0.5, 0.6) is 0 Å². The van der Waals surface area contributed by atoms with Gasteiger partial charge >= 0.3 is 6.09 Å². The molecule has 2 aromatic carbocycles. The van der Waals surface area contributed by atoms with Crippen LogP contribution in [-0.2, 0) is 27.2 Å². The molecular weight excluding hydrogens is 506 g/mol. The molecule has 0 aliphatic heterocycles. The Bertz CT molecular complexity index is 1040. The van der Waals surface area contributed by atoms with Crippen molar-refractivity contribution in [1.29, 1.82) is 0 Å². The standard InChI is InChI=1S/C32H47N3O5/c1-31(2,3)40-30(39)34-27(23-25-17-11-9-12-18-25)28(37)35-32(4,24-26-19-13-10-14-20-26)29(38)33-21-15-7-5-6-8-16-22-36/h9-14,17-20,27,36H,5-8,15-16,21-24H2,1-4H3,(H,33,38)(H,34,39)(H,35,37)/t27-,32+/m0/s1. The van der Waals surface area contributed by atoms with Gasteiger partial charge in [0.05, 0.1) is 0 Å². The van der Waals surface area contributed by atoms with E-state index in [4.69, 9.17) is 9.84 Å². The number of ether oxygens (including phenoxy) is 1. The van der Waals surface area contributed by atoms with Gasteiger partial charge in [0, 0.05) is 26.0 Å². The van der Waals surface area contributed by atoms with Crippen LogP contribution in [0.4, 0.5) is 4.79 Å². The predicted molar refractivity (Wildman–Crippen MR) is 158 cm³/mol. The number of hydrogen-bond acceptors (Lipinski definition) is 5. The van der Waals surface area contributed by atoms with Crippen molar-refractivity contribution in [3.8, 4) is 0 Å². The Labute approximate surface area is 239 Å². The van der Waals surface area contributed by atoms with Gasteiger partial charge in [-0.05, 0) is 51.7 Å². The molecule has 2 aromatic rings. The van der Waals surface area contributed by atoms with E-state index >= 15 is 0 Å². The second-order valence-electron chi connectivity index (χ2n) is 11.5. The quantitative estimate of drug-likeness (QED) is 0.225. The van der Waals surface area contributed by atoms with Crippen LogP contribution in [-0.4, -0.2) is 53.3 Å². The van der Waals surface area contributed by atoms with Crippen LogP contribution in [0.25, 0.3) is 0 Å². The maximum absolute atomic E-state index is 13.7. The van der Waals surface area contributed by atoms with Crippen LogP contribution in [0.3, 0.4) is 0 Å². The highest BCUT2D eigenvalue weighted by molar-refractivity contribution is 5.94. The maximum Gasteiger partial charge on any atom is 0.408 e. The number of carbonyl (C=O) groups is 3. The van der Waals surface area contributed by atoms with Gasteiger partial charge in [-0.15, -0.1) is 0 Å². The smallest absolute Gasteiger partial charge is 0.408 e. The van der Waals surface area contributed by atoms with Crippen molar-refractivity contribution in [2.45, 2.75) is 96.2 Å². The van der Waals surface area contributed by atoms with Crippen LogP contribution in [0.15, 0.2) is 60.7 Å². The first-order valence-corrected chi connectivity index (χ1v) is 14.3. The highest BCUT2D eigenvalue weighted by atomic mass is 16.6. The van der Waals surface area contributed by atoms with Crippen molar-refractivity contribution in [3.05, 3.63) is 71.8 Å². The number of hydrogen-bond donors (Lipinski definition) is 4. The maximum atomic E-state index is 13.7. The van der Waals surface area contributed by atoms with Crippen LogP contribution >= 0.6 is 0 Å². The fourth-order valence-corrected chi connectivity index (χ4v) is 4.39. The molecule has 0 aliphatic rings. The zero-order chi connectivity index (χ0) is 29.4. The predicted octanol–water partition coefficient (Wildman–Crippen LogP) is 4.69. The van der Waals surface area contributed by atoms with E-state index in [0.717, 1.165) is 49.7 Å². The number of rotatable bonds is 16. The fraction of sp³-hybridized carbons (Fsp3) is 0.531. The molecule has 0 unspecified atom stereocenters. The van der Waals surface area contributed by atoms with E-state index in [1.165, 1.54) is 0 Å². The Kier molecular flexibility index (Phi) is 13.7. The fourth-order valence-electron chi connectivity index (χ4n) is 4.39. The molecule has 0 radical (unpaired) electrons. The summed E-state index contributed by atoms with van der Waals surface area (Å²) in [5.74, 6) is -0.743. The third kappa shape index (κ3) is 12.6. The van der Waals surface area contributed by atoms with Gasteiger partial charge in [0.15, 0.2) is 0 Å². The normalized spacial score (nSPS) is 13.5. The van der Waals surface area contributed by atoms with Crippen LogP contribution in [0, 0.1) is 0 Å². The van der Waals surface area contributed by atoms with E-state index in [2.05, 4.69) is 16.0 Å². The summed E-state index contributed by atoms with van der Waals surface area (Å²) in [6, 6.07) is 18.0. The summed E-state index contributed by atoms with van der Waals surface area (Å²) in [7, 11) is 0. The summed E-state index contributed by atoms with van der Waals surface area (Å²) in [6.45, 7) is 7.72. The summed E-state index contributed by atoms with van der Waals surface area (Å²) < 4.78 is 5.41. The molecule has 0 saturated heterocycles. The molecule has 0 spiro atoms. The van der Waals surface area contributed by atoms with Gasteiger partial charge in [0.2, 0.25) is 11.8 Å². The van der Waals surface area contributed by atoms with E-state index < -0.39 is 29.2 Å². The third-order valence-corrected chi connectivity index (χ3v) is 6.46. The van der Waals surface area contributed by atoms with Crippen LogP contribution < -0.4 is 16.0 Å². The average Bonchev–Trinajstić information content (AvgIpc) is 2.89. The minimum absolute atomic E-state index is 0.223. The van der Waals surface area contributed by atoms with Crippen LogP contribution in [0.2, 0.25) is 0 Å². The van der Waals surface area contributed by atoms with Gasteiger partial charge in [-0.25, -0.2) is 4.79 Å². The number of aliphatic hydroxyl groups excluding tert-OH is 1. The molecule has 0 aromatic heterocycles. The van der Waals surface area contributed by atoms with Gasteiger partial charge < -0.3 is 25.8 Å². The lowest BCUT2D eigenvalue weighted by Crippen LogP contribution is -2.62. The first kappa shape index (κ1) is 32.8. The minimum Gasteiger partial charge on any atom is -0.444 e. The molecule has 0 heterocycles. The molecule has 0 bridgehead atoms. The molecule has 0 saturated carbocycles. The lowest BCUT2D eigenvalue weighted by atomic mass is 9.90. The largest absolute Gasteiger partial charge is 0.444 e. The summed E-state index contributed by atoms with van der Waals surface area (Å²) >= 11 is 0. The van der Waals surface area contributed by atoms with E-state index in [1.807, 2.05) is 60.7 Å². The number of nitrogens with one attached hydrogen (secondary N) is 3. The summed E-state index contributed by atoms with van der Waals surface area (Å²) in [5.41, 5.74) is -0.196. The second kappa shape index (κ2) is 16.7. The zero-order valence-corrected chi connectivity index (χ0v) is 24.5. The highest BCUT2D eigenvalue weighted by Crippen LogP contribution is 2.16. The summed E-state index contributed by atoms with van der Waals surface area (Å²) in [4.78, 5) is 39.8. The van der Waals surface area contributed by atoms with Crippen molar-refractivity contribution in [3.63, 3.8) is 0 Å². The van der Waals surface area contributed by atoms with Crippen molar-refractivity contribution in [1.82, 2.24) is 16.0 Å². The highest BCUT2D eigenvalue weighted by Gasteiger charge is 2.37. The Hall–Kier alpha value is -3.39. The van der Waals surface area contributed by atoms with E-state index in [9.17, 15) is 14.4 Å². The van der Waals surface area contributed by atoms with E-state index in [0.29, 0.717) is 6.54 Å². The first-order valence-electron chi connectivity index (χ1n) is 14.3. The number of unbranched alkanes of at least 4 members (excludes halogenated alkanes) is 5. The van der Waals surface area contributed by atoms with Crippen molar-refractivity contribution in [2.75, 3.05) is 13.2 Å². The molecule has 8 nitrogen and oxygen atoms in total. The number of carbonyl (C=O) groups excluding carboxylic acids is 3. The summed E-state index contributed by atoms with van der Waals surface area (Å²) in [5, 5.41) is 17.6. The van der Waals surface area contributed by atoms with Crippen molar-refractivity contribution in [2.24, 2.45) is 0 Å². The van der Waals surface area contributed by atoms with Crippen molar-refractivity contribution < 1.29 is 24.2 Å². The Morgan fingerprint density at radius 2 is 1.35 bits per heavy atom.